The van der Waals surface area contributed by atoms with E-state index in [2.05, 4.69) is 0 Å². The molecule has 0 aromatic heterocycles. The predicted octanol–water partition coefficient (Wildman–Crippen LogP) is 1.63. The zero-order valence-corrected chi connectivity index (χ0v) is 10.2. The van der Waals surface area contributed by atoms with E-state index < -0.39 is 17.5 Å². The highest BCUT2D eigenvalue weighted by atomic mass is 19.2. The molecule has 0 unspecified atom stereocenters. The first kappa shape index (κ1) is 13.9. The number of carbonyl (C=O) groups is 1. The molecule has 1 aliphatic rings. The lowest BCUT2D eigenvalue weighted by Gasteiger charge is -2.21. The first-order chi connectivity index (χ1) is 9.02. The molecule has 1 N–H and O–H groups in total. The molecule has 1 aliphatic carbocycles. The average Bonchev–Trinajstić information content (AvgIpc) is 3.17. The molecule has 0 atom stereocenters. The van der Waals surface area contributed by atoms with E-state index in [1.807, 2.05) is 0 Å². The monoisotopic (exact) mass is 273 g/mol. The number of aliphatic hydroxyl groups is 1. The molecule has 0 spiro atoms. The van der Waals surface area contributed by atoms with Crippen LogP contribution in [0.5, 0.6) is 0 Å². The van der Waals surface area contributed by atoms with Crippen LogP contribution in [0.15, 0.2) is 12.1 Å². The van der Waals surface area contributed by atoms with Crippen molar-refractivity contribution < 1.29 is 23.1 Å². The van der Waals surface area contributed by atoms with Crippen LogP contribution in [0.1, 0.15) is 18.4 Å². The molecule has 1 saturated carbocycles. The van der Waals surface area contributed by atoms with Crippen molar-refractivity contribution >= 4 is 5.91 Å². The quantitative estimate of drug-likeness (QED) is 0.828. The second-order valence-electron chi connectivity index (χ2n) is 4.58. The Kier molecular flexibility index (Phi) is 4.09. The molecule has 19 heavy (non-hydrogen) atoms. The predicted molar refractivity (Wildman–Crippen MR) is 61.8 cm³/mol. The minimum atomic E-state index is -1.27. The van der Waals surface area contributed by atoms with Gasteiger partial charge in [-0.25, -0.2) is 13.2 Å². The third-order valence-electron chi connectivity index (χ3n) is 3.08. The Hall–Kier alpha value is -1.56. The van der Waals surface area contributed by atoms with Crippen LogP contribution < -0.4 is 0 Å². The maximum atomic E-state index is 13.4. The van der Waals surface area contributed by atoms with Gasteiger partial charge in [-0.15, -0.1) is 0 Å². The van der Waals surface area contributed by atoms with Crippen molar-refractivity contribution in [2.75, 3.05) is 13.2 Å². The zero-order valence-electron chi connectivity index (χ0n) is 10.2. The number of halogens is 3. The van der Waals surface area contributed by atoms with Crippen LogP contribution in [-0.2, 0) is 11.2 Å². The summed E-state index contributed by atoms with van der Waals surface area (Å²) in [6.07, 6.45) is 1.37. The third kappa shape index (κ3) is 3.26. The van der Waals surface area contributed by atoms with Gasteiger partial charge in [0, 0.05) is 24.2 Å². The number of hydrogen-bond donors (Lipinski definition) is 1. The molecule has 0 heterocycles. The van der Waals surface area contributed by atoms with Gasteiger partial charge in [-0.1, -0.05) is 0 Å². The molecule has 104 valence electrons. The van der Waals surface area contributed by atoms with E-state index in [-0.39, 0.29) is 37.1 Å². The lowest BCUT2D eigenvalue weighted by molar-refractivity contribution is -0.131. The number of amides is 1. The van der Waals surface area contributed by atoms with Crippen LogP contribution >= 0.6 is 0 Å². The summed E-state index contributed by atoms with van der Waals surface area (Å²) in [6, 6.07) is 1.21. The summed E-state index contributed by atoms with van der Waals surface area (Å²) in [6.45, 7) is -0.00268. The number of aliphatic hydroxyl groups excluding tert-OH is 1. The van der Waals surface area contributed by atoms with E-state index in [1.165, 1.54) is 4.90 Å². The fraction of sp³-hybridized carbons (Fsp3) is 0.462. The Morgan fingerprint density at radius 1 is 1.21 bits per heavy atom. The van der Waals surface area contributed by atoms with Gasteiger partial charge in [0.2, 0.25) is 5.91 Å². The highest BCUT2D eigenvalue weighted by Crippen LogP contribution is 2.27. The van der Waals surface area contributed by atoms with Crippen molar-refractivity contribution in [2.24, 2.45) is 0 Å². The molecule has 1 fully saturated rings. The number of rotatable bonds is 5. The molecule has 1 amide bonds. The molecule has 3 nitrogen and oxygen atoms in total. The van der Waals surface area contributed by atoms with Crippen LogP contribution in [0, 0.1) is 17.5 Å². The van der Waals surface area contributed by atoms with Gasteiger partial charge in [0.1, 0.15) is 5.82 Å². The smallest absolute Gasteiger partial charge is 0.227 e. The van der Waals surface area contributed by atoms with E-state index in [9.17, 15) is 18.0 Å². The number of benzene rings is 1. The fourth-order valence-corrected chi connectivity index (χ4v) is 1.97. The zero-order chi connectivity index (χ0) is 14.0. The lowest BCUT2D eigenvalue weighted by Crippen LogP contribution is -2.36. The van der Waals surface area contributed by atoms with Gasteiger partial charge < -0.3 is 10.0 Å². The minimum Gasteiger partial charge on any atom is -0.395 e. The van der Waals surface area contributed by atoms with Crippen molar-refractivity contribution in [3.63, 3.8) is 0 Å². The summed E-state index contributed by atoms with van der Waals surface area (Å²) in [5.74, 6) is -3.78. The Balaban J connectivity index is 2.11. The van der Waals surface area contributed by atoms with Crippen molar-refractivity contribution in [3.05, 3.63) is 35.1 Å². The fourth-order valence-electron chi connectivity index (χ4n) is 1.97. The van der Waals surface area contributed by atoms with E-state index in [1.54, 1.807) is 0 Å². The van der Waals surface area contributed by atoms with E-state index >= 15 is 0 Å². The van der Waals surface area contributed by atoms with Crippen molar-refractivity contribution in [1.82, 2.24) is 4.90 Å². The summed E-state index contributed by atoms with van der Waals surface area (Å²) in [4.78, 5) is 13.4. The Labute approximate surface area is 108 Å². The van der Waals surface area contributed by atoms with E-state index in [0.717, 1.165) is 12.8 Å². The van der Waals surface area contributed by atoms with Gasteiger partial charge in [0.25, 0.3) is 0 Å². The summed E-state index contributed by atoms with van der Waals surface area (Å²) in [5.41, 5.74) is -0.174. The molecule has 1 aromatic carbocycles. The van der Waals surface area contributed by atoms with Crippen LogP contribution in [0.4, 0.5) is 13.2 Å². The normalized spacial score (nSPS) is 14.5. The average molecular weight is 273 g/mol. The molecule has 6 heteroatoms. The van der Waals surface area contributed by atoms with Gasteiger partial charge in [-0.3, -0.25) is 4.79 Å². The maximum absolute atomic E-state index is 13.4. The molecule has 1 aromatic rings. The largest absolute Gasteiger partial charge is 0.395 e. The maximum Gasteiger partial charge on any atom is 0.227 e. The van der Waals surface area contributed by atoms with Crippen LogP contribution in [0.2, 0.25) is 0 Å². The molecule has 0 bridgehead atoms. The Bertz CT molecular complexity index is 489. The summed E-state index contributed by atoms with van der Waals surface area (Å²) in [5, 5.41) is 8.89. The molecular formula is C13H14F3NO2. The SMILES string of the molecule is O=C(Cc1cc(F)c(F)cc1F)N(CCO)C1CC1. The van der Waals surface area contributed by atoms with Gasteiger partial charge in [-0.05, 0) is 18.9 Å². The highest BCUT2D eigenvalue weighted by Gasteiger charge is 2.32. The molecule has 2 rings (SSSR count). The van der Waals surface area contributed by atoms with Crippen LogP contribution in [-0.4, -0.2) is 35.1 Å². The second kappa shape index (κ2) is 5.61. The summed E-state index contributed by atoms with van der Waals surface area (Å²) in [7, 11) is 0. The minimum absolute atomic E-state index is 0.0769. The van der Waals surface area contributed by atoms with Crippen molar-refractivity contribution in [2.45, 2.75) is 25.3 Å². The number of carbonyl (C=O) groups excluding carboxylic acids is 1. The molecular weight excluding hydrogens is 259 g/mol. The number of hydrogen-bond acceptors (Lipinski definition) is 2. The second-order valence-corrected chi connectivity index (χ2v) is 4.58. The van der Waals surface area contributed by atoms with E-state index in [0.29, 0.717) is 12.1 Å². The van der Waals surface area contributed by atoms with Gasteiger partial charge in [-0.2, -0.15) is 0 Å². The van der Waals surface area contributed by atoms with Crippen molar-refractivity contribution in [3.8, 4) is 0 Å². The lowest BCUT2D eigenvalue weighted by atomic mass is 10.1. The van der Waals surface area contributed by atoms with Gasteiger partial charge in [0.15, 0.2) is 11.6 Å². The van der Waals surface area contributed by atoms with Crippen LogP contribution in [0.3, 0.4) is 0 Å². The Morgan fingerprint density at radius 3 is 2.42 bits per heavy atom. The molecule has 0 aliphatic heterocycles. The first-order valence-corrected chi connectivity index (χ1v) is 6.06. The number of nitrogens with zero attached hydrogens (tertiary/aromatic N) is 1. The highest BCUT2D eigenvalue weighted by molar-refractivity contribution is 5.79. The molecule has 0 saturated heterocycles. The van der Waals surface area contributed by atoms with Gasteiger partial charge in [0.05, 0.1) is 13.0 Å². The van der Waals surface area contributed by atoms with Crippen LogP contribution in [0.25, 0.3) is 0 Å². The first-order valence-electron chi connectivity index (χ1n) is 6.06. The third-order valence-corrected chi connectivity index (χ3v) is 3.08. The van der Waals surface area contributed by atoms with E-state index in [4.69, 9.17) is 5.11 Å². The van der Waals surface area contributed by atoms with Gasteiger partial charge >= 0.3 is 0 Å². The summed E-state index contributed by atoms with van der Waals surface area (Å²) < 4.78 is 39.2. The standard InChI is InChI=1S/C13H14F3NO2/c14-10-7-12(16)11(15)5-8(10)6-13(19)17(3-4-18)9-1-2-9/h5,7,9,18H,1-4,6H2. The van der Waals surface area contributed by atoms with Crippen molar-refractivity contribution in [1.29, 1.82) is 0 Å². The Morgan fingerprint density at radius 2 is 1.84 bits per heavy atom. The topological polar surface area (TPSA) is 40.5 Å². The molecule has 0 radical (unpaired) electrons. The summed E-state index contributed by atoms with van der Waals surface area (Å²) >= 11 is 0.